The minimum atomic E-state index is -3.02. The molecule has 0 saturated carbocycles. The van der Waals surface area contributed by atoms with Crippen molar-refractivity contribution >= 4 is 18.5 Å². The van der Waals surface area contributed by atoms with Crippen LogP contribution in [-0.4, -0.2) is 37.9 Å². The molecule has 0 bridgehead atoms. The molecule has 0 aromatic heterocycles. The second-order valence-corrected chi connectivity index (χ2v) is 6.30. The number of carbonyl (C=O) groups is 1. The highest BCUT2D eigenvalue weighted by Crippen LogP contribution is 2.37. The van der Waals surface area contributed by atoms with Crippen LogP contribution in [0.1, 0.15) is 38.1 Å². The van der Waals surface area contributed by atoms with Crippen LogP contribution in [0.15, 0.2) is 18.2 Å². The van der Waals surface area contributed by atoms with Gasteiger partial charge >= 0.3 is 13.7 Å². The van der Waals surface area contributed by atoms with Crippen molar-refractivity contribution in [2.45, 2.75) is 45.5 Å². The molecule has 126 valence electrons. The van der Waals surface area contributed by atoms with Gasteiger partial charge in [-0.2, -0.15) is 8.78 Å². The van der Waals surface area contributed by atoms with Crippen molar-refractivity contribution in [1.29, 1.82) is 0 Å². The first-order valence-corrected chi connectivity index (χ1v) is 7.24. The molecule has 0 aliphatic carbocycles. The Morgan fingerprint density at radius 2 is 1.78 bits per heavy atom. The van der Waals surface area contributed by atoms with Crippen molar-refractivity contribution in [3.63, 3.8) is 0 Å². The van der Waals surface area contributed by atoms with Crippen molar-refractivity contribution < 1.29 is 27.6 Å². The van der Waals surface area contributed by atoms with Crippen LogP contribution in [0.4, 0.5) is 8.78 Å². The number of carbonyl (C=O) groups excluding carboxylic acids is 1. The zero-order chi connectivity index (χ0) is 17.4. The van der Waals surface area contributed by atoms with E-state index in [1.165, 1.54) is 25.2 Å². The molecule has 1 aromatic rings. The molecular formula is C15H20BF2NO4. The van der Waals surface area contributed by atoms with E-state index in [2.05, 4.69) is 10.1 Å². The van der Waals surface area contributed by atoms with E-state index in [0.717, 1.165) is 0 Å². The topological polar surface area (TPSA) is 56.8 Å². The van der Waals surface area contributed by atoms with E-state index in [1.54, 1.807) is 0 Å². The first kappa shape index (κ1) is 17.7. The maximum absolute atomic E-state index is 12.7. The number of hydrogen-bond acceptors (Lipinski definition) is 4. The van der Waals surface area contributed by atoms with E-state index < -0.39 is 30.8 Å². The van der Waals surface area contributed by atoms with E-state index in [4.69, 9.17) is 9.31 Å². The summed E-state index contributed by atoms with van der Waals surface area (Å²) in [6, 6.07) is 4.27. The first-order chi connectivity index (χ1) is 10.6. The van der Waals surface area contributed by atoms with Crippen molar-refractivity contribution in [2.75, 3.05) is 7.05 Å². The Morgan fingerprint density at radius 3 is 2.26 bits per heavy atom. The predicted octanol–water partition coefficient (Wildman–Crippen LogP) is 1.95. The number of nitrogens with one attached hydrogen (secondary N) is 1. The Kier molecular flexibility index (Phi) is 4.68. The van der Waals surface area contributed by atoms with Gasteiger partial charge in [0.05, 0.1) is 11.2 Å². The van der Waals surface area contributed by atoms with Crippen LogP contribution in [0.3, 0.4) is 0 Å². The van der Waals surface area contributed by atoms with Gasteiger partial charge in [-0.15, -0.1) is 0 Å². The van der Waals surface area contributed by atoms with Crippen molar-refractivity contribution in [3.05, 3.63) is 23.8 Å². The normalized spacial score (nSPS) is 19.0. The van der Waals surface area contributed by atoms with E-state index in [9.17, 15) is 13.6 Å². The summed E-state index contributed by atoms with van der Waals surface area (Å²) >= 11 is 0. The second-order valence-electron chi connectivity index (χ2n) is 6.30. The van der Waals surface area contributed by atoms with Gasteiger partial charge in [-0.25, -0.2) is 0 Å². The summed E-state index contributed by atoms with van der Waals surface area (Å²) in [7, 11) is 0.602. The van der Waals surface area contributed by atoms with Crippen molar-refractivity contribution in [1.82, 2.24) is 5.32 Å². The molecule has 1 saturated heterocycles. The number of alkyl halides is 2. The van der Waals surface area contributed by atoms with Gasteiger partial charge in [-0.05, 0) is 39.8 Å². The lowest BCUT2D eigenvalue weighted by Crippen LogP contribution is -2.41. The maximum Gasteiger partial charge on any atom is 0.498 e. The number of halogens is 2. The zero-order valence-corrected chi connectivity index (χ0v) is 13.8. The summed E-state index contributed by atoms with van der Waals surface area (Å²) in [4.78, 5) is 11.7. The molecule has 0 unspecified atom stereocenters. The Bertz CT molecular complexity index is 591. The quantitative estimate of drug-likeness (QED) is 0.859. The summed E-state index contributed by atoms with van der Waals surface area (Å²) in [5.41, 5.74) is -0.696. The highest BCUT2D eigenvalue weighted by molar-refractivity contribution is 6.63. The molecule has 1 aromatic carbocycles. The number of amides is 1. The minimum absolute atomic E-state index is 0.139. The van der Waals surface area contributed by atoms with Crippen LogP contribution < -0.4 is 15.5 Å². The molecular weight excluding hydrogens is 307 g/mol. The molecule has 1 fully saturated rings. The average Bonchev–Trinajstić information content (AvgIpc) is 2.65. The summed E-state index contributed by atoms with van der Waals surface area (Å²) in [6.07, 6.45) is 0. The van der Waals surface area contributed by atoms with E-state index in [-0.39, 0.29) is 11.3 Å². The Balaban J connectivity index is 2.40. The van der Waals surface area contributed by atoms with Gasteiger partial charge in [-0.1, -0.05) is 6.07 Å². The molecule has 23 heavy (non-hydrogen) atoms. The molecule has 0 spiro atoms. The van der Waals surface area contributed by atoms with Crippen LogP contribution in [0.2, 0.25) is 0 Å². The Labute approximate surface area is 134 Å². The van der Waals surface area contributed by atoms with Crippen molar-refractivity contribution in [3.8, 4) is 5.75 Å². The van der Waals surface area contributed by atoms with Crippen LogP contribution in [0, 0.1) is 0 Å². The Hall–Kier alpha value is -1.67. The summed E-state index contributed by atoms with van der Waals surface area (Å²) in [6.45, 7) is 4.43. The minimum Gasteiger partial charge on any atom is -0.435 e. The van der Waals surface area contributed by atoms with Crippen LogP contribution >= 0.6 is 0 Å². The SMILES string of the molecule is CNC(=O)c1ccc(B2OC(C)(C)C(C)(C)O2)c(OC(F)F)c1. The lowest BCUT2D eigenvalue weighted by atomic mass is 9.78. The van der Waals surface area contributed by atoms with Crippen LogP contribution in [0.5, 0.6) is 5.75 Å². The monoisotopic (exact) mass is 327 g/mol. The number of hydrogen-bond donors (Lipinski definition) is 1. The highest BCUT2D eigenvalue weighted by atomic mass is 19.3. The average molecular weight is 327 g/mol. The van der Waals surface area contributed by atoms with Gasteiger partial charge in [-0.3, -0.25) is 4.79 Å². The Morgan fingerprint density at radius 1 is 1.22 bits per heavy atom. The maximum atomic E-state index is 12.7. The highest BCUT2D eigenvalue weighted by Gasteiger charge is 2.52. The fraction of sp³-hybridized carbons (Fsp3) is 0.533. The lowest BCUT2D eigenvalue weighted by molar-refractivity contribution is -0.0493. The molecule has 8 heteroatoms. The molecule has 5 nitrogen and oxygen atoms in total. The van der Waals surface area contributed by atoms with Gasteiger partial charge in [0.1, 0.15) is 5.75 Å². The molecule has 1 amide bonds. The smallest absolute Gasteiger partial charge is 0.435 e. The lowest BCUT2D eigenvalue weighted by Gasteiger charge is -2.32. The molecule has 0 atom stereocenters. The van der Waals surface area contributed by atoms with Gasteiger partial charge < -0.3 is 19.4 Å². The van der Waals surface area contributed by atoms with Gasteiger partial charge in [0.25, 0.3) is 5.91 Å². The third-order valence-corrected chi connectivity index (χ3v) is 4.23. The van der Waals surface area contributed by atoms with E-state index >= 15 is 0 Å². The molecule has 0 radical (unpaired) electrons. The first-order valence-electron chi connectivity index (χ1n) is 7.24. The fourth-order valence-electron chi connectivity index (χ4n) is 2.18. The predicted molar refractivity (Wildman–Crippen MR) is 82.2 cm³/mol. The molecule has 2 rings (SSSR count). The van der Waals surface area contributed by atoms with Gasteiger partial charge in [0.2, 0.25) is 0 Å². The van der Waals surface area contributed by atoms with Gasteiger partial charge in [0, 0.05) is 18.1 Å². The van der Waals surface area contributed by atoms with Crippen LogP contribution in [0.25, 0.3) is 0 Å². The number of ether oxygens (including phenoxy) is 1. The largest absolute Gasteiger partial charge is 0.498 e. The van der Waals surface area contributed by atoms with Crippen molar-refractivity contribution in [2.24, 2.45) is 0 Å². The zero-order valence-electron chi connectivity index (χ0n) is 13.8. The third-order valence-electron chi connectivity index (χ3n) is 4.23. The summed E-state index contributed by atoms with van der Waals surface area (Å²) in [5.74, 6) is -0.538. The summed E-state index contributed by atoms with van der Waals surface area (Å²) in [5, 5.41) is 2.43. The van der Waals surface area contributed by atoms with E-state index in [1.807, 2.05) is 27.7 Å². The molecule has 1 N–H and O–H groups in total. The molecule has 1 aliphatic rings. The molecule has 1 aliphatic heterocycles. The standard InChI is InChI=1S/C15H20BF2NO4/c1-14(2)15(3,4)23-16(22-14)10-7-6-9(12(20)19-5)8-11(10)21-13(17)18/h6-8,13H,1-5H3,(H,19,20). The number of benzene rings is 1. The third kappa shape index (κ3) is 3.48. The fourth-order valence-corrected chi connectivity index (χ4v) is 2.18. The van der Waals surface area contributed by atoms with E-state index in [0.29, 0.717) is 5.46 Å². The van der Waals surface area contributed by atoms with Gasteiger partial charge in [0.15, 0.2) is 0 Å². The molecule has 1 heterocycles. The number of rotatable bonds is 4. The van der Waals surface area contributed by atoms with Crippen LogP contribution in [-0.2, 0) is 9.31 Å². The summed E-state index contributed by atoms with van der Waals surface area (Å²) < 4.78 is 41.7. The second kappa shape index (κ2) is 6.09.